The second kappa shape index (κ2) is 5.96. The maximum atomic E-state index is 8.30. The molecule has 0 aromatic heterocycles. The van der Waals surface area contributed by atoms with E-state index in [1.54, 1.807) is 6.92 Å². The quantitative estimate of drug-likeness (QED) is 0.285. The molecule has 1 nitrogen and oxygen atoms in total. The van der Waals surface area contributed by atoms with Crippen LogP contribution < -0.4 is 29.6 Å². The Kier molecular flexibility index (Phi) is 9.98. The van der Waals surface area contributed by atoms with E-state index in [9.17, 15) is 0 Å². The van der Waals surface area contributed by atoms with Crippen molar-refractivity contribution < 1.29 is 34.7 Å². The van der Waals surface area contributed by atoms with Gasteiger partial charge in [0.2, 0.25) is 0 Å². The first-order valence-corrected chi connectivity index (χ1v) is 1.74. The van der Waals surface area contributed by atoms with Gasteiger partial charge < -0.3 is 12.0 Å². The molecular formula is C4H9NaO. The summed E-state index contributed by atoms with van der Waals surface area (Å²) in [5.74, 6) is 0. The number of aliphatic hydroxyl groups is 1. The predicted octanol–water partition coefficient (Wildman–Crippen LogP) is -2.40. The fourth-order valence-electron chi connectivity index (χ4n) is 0. The van der Waals surface area contributed by atoms with Gasteiger partial charge in [-0.1, -0.05) is 0 Å². The van der Waals surface area contributed by atoms with Gasteiger partial charge in [0.1, 0.15) is 0 Å². The molecule has 0 heterocycles. The maximum absolute atomic E-state index is 8.30. The molecule has 1 N–H and O–H groups in total. The fraction of sp³-hybridized carbons (Fsp3) is 0.750. The van der Waals surface area contributed by atoms with Crippen LogP contribution in [0.2, 0.25) is 0 Å². The van der Waals surface area contributed by atoms with Crippen molar-refractivity contribution in [2.24, 2.45) is 0 Å². The summed E-state index contributed by atoms with van der Waals surface area (Å²) in [6.45, 7) is 5.15. The second-order valence-electron chi connectivity index (χ2n) is 1.14. The fourth-order valence-corrected chi connectivity index (χ4v) is 0. The van der Waals surface area contributed by atoms with Crippen molar-refractivity contribution in [2.75, 3.05) is 0 Å². The number of rotatable bonds is 1. The molecule has 0 saturated heterocycles. The van der Waals surface area contributed by atoms with Gasteiger partial charge in [-0.25, -0.2) is 0 Å². The molecule has 0 saturated carbocycles. The molecule has 0 bridgehead atoms. The van der Waals surface area contributed by atoms with Crippen LogP contribution in [0.5, 0.6) is 0 Å². The average Bonchev–Trinajstić information content (AvgIpc) is 1.38. The molecule has 0 aliphatic carbocycles. The standard InChI is InChI=1S/C4H9O.Na/c1-3-4(2)5;/h4-5H,1,3H2,2H3;/q-1;+1. The van der Waals surface area contributed by atoms with Crippen molar-refractivity contribution in [2.45, 2.75) is 19.4 Å². The van der Waals surface area contributed by atoms with Gasteiger partial charge in [0.15, 0.2) is 0 Å². The predicted molar refractivity (Wildman–Crippen MR) is 21.7 cm³/mol. The summed E-state index contributed by atoms with van der Waals surface area (Å²) in [5.41, 5.74) is 0. The van der Waals surface area contributed by atoms with E-state index in [0.29, 0.717) is 6.42 Å². The molecule has 0 radical (unpaired) electrons. The van der Waals surface area contributed by atoms with E-state index in [2.05, 4.69) is 6.92 Å². The zero-order valence-corrected chi connectivity index (χ0v) is 6.44. The molecule has 6 heavy (non-hydrogen) atoms. The summed E-state index contributed by atoms with van der Waals surface area (Å²) in [6.07, 6.45) is 0.384. The zero-order valence-electron chi connectivity index (χ0n) is 4.44. The molecule has 0 aliphatic rings. The van der Waals surface area contributed by atoms with Crippen LogP contribution in [0, 0.1) is 6.92 Å². The first kappa shape index (κ1) is 10.0. The van der Waals surface area contributed by atoms with E-state index in [-0.39, 0.29) is 35.7 Å². The van der Waals surface area contributed by atoms with Gasteiger partial charge in [-0.2, -0.15) is 6.42 Å². The van der Waals surface area contributed by atoms with Crippen molar-refractivity contribution in [1.29, 1.82) is 0 Å². The molecule has 0 spiro atoms. The third kappa shape index (κ3) is 8.88. The molecule has 0 aromatic rings. The van der Waals surface area contributed by atoms with Crippen LogP contribution in [0.25, 0.3) is 0 Å². The summed E-state index contributed by atoms with van der Waals surface area (Å²) in [6, 6.07) is 0. The molecule has 1 unspecified atom stereocenters. The first-order chi connectivity index (χ1) is 2.27. The van der Waals surface area contributed by atoms with Crippen LogP contribution in [-0.2, 0) is 0 Å². The Morgan fingerprint density at radius 1 is 1.83 bits per heavy atom. The third-order valence-electron chi connectivity index (χ3n) is 0.418. The van der Waals surface area contributed by atoms with Crippen LogP contribution in [0.15, 0.2) is 0 Å². The van der Waals surface area contributed by atoms with Gasteiger partial charge in [0.25, 0.3) is 0 Å². The Morgan fingerprint density at radius 2 is 2.00 bits per heavy atom. The Hall–Kier alpha value is 0.960. The van der Waals surface area contributed by atoms with E-state index < -0.39 is 0 Å². The Bertz CT molecular complexity index is 21.5. The van der Waals surface area contributed by atoms with Crippen molar-refractivity contribution >= 4 is 0 Å². The molecule has 0 rings (SSSR count). The minimum atomic E-state index is -0.227. The van der Waals surface area contributed by atoms with E-state index in [4.69, 9.17) is 5.11 Å². The molecule has 0 aromatic carbocycles. The Morgan fingerprint density at radius 3 is 2.00 bits per heavy atom. The van der Waals surface area contributed by atoms with Crippen molar-refractivity contribution in [3.8, 4) is 0 Å². The number of aliphatic hydroxyl groups excluding tert-OH is 1. The van der Waals surface area contributed by atoms with Crippen LogP contribution >= 0.6 is 0 Å². The van der Waals surface area contributed by atoms with E-state index in [1.807, 2.05) is 0 Å². The van der Waals surface area contributed by atoms with Gasteiger partial charge in [-0.05, 0) is 6.92 Å². The summed E-state index contributed by atoms with van der Waals surface area (Å²) < 4.78 is 0. The molecule has 32 valence electrons. The molecular weight excluding hydrogens is 87.0 g/mol. The first-order valence-electron chi connectivity index (χ1n) is 1.74. The summed E-state index contributed by atoms with van der Waals surface area (Å²) in [5, 5.41) is 8.30. The normalized spacial score (nSPS) is 12.5. The summed E-state index contributed by atoms with van der Waals surface area (Å²) in [4.78, 5) is 0. The Labute approximate surface area is 61.0 Å². The average molecular weight is 96.1 g/mol. The smallest absolute Gasteiger partial charge is 0.396 e. The molecule has 2 heteroatoms. The van der Waals surface area contributed by atoms with E-state index in [0.717, 1.165) is 0 Å². The van der Waals surface area contributed by atoms with Gasteiger partial charge in [-0.15, -0.1) is 0 Å². The van der Waals surface area contributed by atoms with Gasteiger partial charge in [0, 0.05) is 6.10 Å². The minimum Gasteiger partial charge on any atom is -0.396 e. The van der Waals surface area contributed by atoms with Crippen LogP contribution in [0.3, 0.4) is 0 Å². The maximum Gasteiger partial charge on any atom is 1.00 e. The van der Waals surface area contributed by atoms with Crippen LogP contribution in [0.4, 0.5) is 0 Å². The third-order valence-corrected chi connectivity index (χ3v) is 0.418. The van der Waals surface area contributed by atoms with Crippen molar-refractivity contribution in [1.82, 2.24) is 0 Å². The van der Waals surface area contributed by atoms with E-state index in [1.165, 1.54) is 0 Å². The molecule has 0 amide bonds. The van der Waals surface area contributed by atoms with Gasteiger partial charge in [-0.3, -0.25) is 0 Å². The van der Waals surface area contributed by atoms with Crippen molar-refractivity contribution in [3.63, 3.8) is 0 Å². The SMILES string of the molecule is [CH2-]CC(C)O.[Na+]. The molecule has 1 atom stereocenters. The van der Waals surface area contributed by atoms with Gasteiger partial charge >= 0.3 is 29.6 Å². The van der Waals surface area contributed by atoms with Gasteiger partial charge in [0.05, 0.1) is 0 Å². The minimum absolute atomic E-state index is 0. The number of hydrogen-bond acceptors (Lipinski definition) is 1. The number of hydrogen-bond donors (Lipinski definition) is 1. The summed E-state index contributed by atoms with van der Waals surface area (Å²) in [7, 11) is 0. The topological polar surface area (TPSA) is 20.2 Å². The second-order valence-corrected chi connectivity index (χ2v) is 1.14. The van der Waals surface area contributed by atoms with Crippen molar-refractivity contribution in [3.05, 3.63) is 6.92 Å². The van der Waals surface area contributed by atoms with Crippen LogP contribution in [0.1, 0.15) is 13.3 Å². The Balaban J connectivity index is 0. The molecule has 0 aliphatic heterocycles. The zero-order chi connectivity index (χ0) is 4.28. The summed E-state index contributed by atoms with van der Waals surface area (Å²) >= 11 is 0. The monoisotopic (exact) mass is 96.1 g/mol. The molecule has 0 fully saturated rings. The van der Waals surface area contributed by atoms with E-state index >= 15 is 0 Å². The van der Waals surface area contributed by atoms with Crippen LogP contribution in [-0.4, -0.2) is 11.2 Å². The largest absolute Gasteiger partial charge is 1.00 e.